The van der Waals surface area contributed by atoms with E-state index >= 15 is 0 Å². The maximum absolute atomic E-state index is 13.8. The molecule has 0 aromatic heterocycles. The molecule has 2 aromatic carbocycles. The van der Waals surface area contributed by atoms with E-state index in [1.54, 1.807) is 6.07 Å². The molecule has 2 aromatic rings. The predicted molar refractivity (Wildman–Crippen MR) is 85.0 cm³/mol. The van der Waals surface area contributed by atoms with Crippen molar-refractivity contribution in [1.29, 1.82) is 5.26 Å². The summed E-state index contributed by atoms with van der Waals surface area (Å²) in [5.41, 5.74) is 2.47. The van der Waals surface area contributed by atoms with Gasteiger partial charge in [0.05, 0.1) is 17.3 Å². The first-order valence-corrected chi connectivity index (χ1v) is 7.48. The molecule has 1 fully saturated rings. The number of hydrogen-bond donors (Lipinski definition) is 0. The zero-order valence-electron chi connectivity index (χ0n) is 12.4. The summed E-state index contributed by atoms with van der Waals surface area (Å²) in [5.74, 6) is -0.161. The lowest BCUT2D eigenvalue weighted by atomic mass is 10.1. The summed E-state index contributed by atoms with van der Waals surface area (Å²) < 4.78 is 13.8. The highest BCUT2D eigenvalue weighted by Gasteiger charge is 2.19. The van der Waals surface area contributed by atoms with E-state index in [0.29, 0.717) is 5.69 Å². The third-order valence-corrected chi connectivity index (χ3v) is 4.10. The van der Waals surface area contributed by atoms with E-state index in [-0.39, 0.29) is 5.82 Å². The fourth-order valence-corrected chi connectivity index (χ4v) is 2.86. The molecule has 0 saturated carbocycles. The summed E-state index contributed by atoms with van der Waals surface area (Å²) in [4.78, 5) is 4.40. The van der Waals surface area contributed by atoms with Crippen molar-refractivity contribution in [3.8, 4) is 6.07 Å². The fourth-order valence-electron chi connectivity index (χ4n) is 2.86. The maximum atomic E-state index is 13.8. The first-order chi connectivity index (χ1) is 10.8. The number of halogens is 1. The lowest BCUT2D eigenvalue weighted by molar-refractivity contribution is 0.249. The Morgan fingerprint density at radius 3 is 2.36 bits per heavy atom. The topological polar surface area (TPSA) is 30.3 Å². The Labute approximate surface area is 130 Å². The number of hydrogen-bond acceptors (Lipinski definition) is 3. The molecular weight excluding hydrogens is 277 g/mol. The van der Waals surface area contributed by atoms with Crippen molar-refractivity contribution >= 4 is 5.69 Å². The van der Waals surface area contributed by atoms with Gasteiger partial charge in [0.2, 0.25) is 0 Å². The highest BCUT2D eigenvalue weighted by Crippen LogP contribution is 2.21. The lowest BCUT2D eigenvalue weighted by Gasteiger charge is -2.36. The number of piperazine rings is 1. The molecule has 22 heavy (non-hydrogen) atoms. The lowest BCUT2D eigenvalue weighted by Crippen LogP contribution is -2.46. The molecule has 0 bridgehead atoms. The van der Waals surface area contributed by atoms with E-state index in [4.69, 9.17) is 5.26 Å². The molecule has 0 unspecified atom stereocenters. The van der Waals surface area contributed by atoms with Crippen LogP contribution in [0, 0.1) is 17.1 Å². The van der Waals surface area contributed by atoms with E-state index in [9.17, 15) is 4.39 Å². The standard InChI is InChI=1S/C18H18FN3/c19-17-7-3-4-8-18(17)22-11-9-21(10-12-22)14-16-6-2-1-5-15(16)13-20/h1-8H,9-12,14H2. The number of rotatable bonds is 3. The third-order valence-electron chi connectivity index (χ3n) is 4.10. The molecule has 112 valence electrons. The van der Waals surface area contributed by atoms with Crippen LogP contribution in [-0.4, -0.2) is 31.1 Å². The molecule has 0 atom stereocenters. The Morgan fingerprint density at radius 1 is 0.955 bits per heavy atom. The van der Waals surface area contributed by atoms with Gasteiger partial charge >= 0.3 is 0 Å². The van der Waals surface area contributed by atoms with Crippen LogP contribution >= 0.6 is 0 Å². The quantitative estimate of drug-likeness (QED) is 0.872. The van der Waals surface area contributed by atoms with E-state index in [1.807, 2.05) is 36.4 Å². The number of benzene rings is 2. The predicted octanol–water partition coefficient (Wildman–Crippen LogP) is 3.02. The Kier molecular flexibility index (Phi) is 4.36. The molecule has 0 spiro atoms. The molecule has 1 aliphatic rings. The van der Waals surface area contributed by atoms with E-state index in [0.717, 1.165) is 43.9 Å². The largest absolute Gasteiger partial charge is 0.367 e. The second kappa shape index (κ2) is 6.59. The van der Waals surface area contributed by atoms with Gasteiger partial charge in [-0.3, -0.25) is 4.90 Å². The minimum Gasteiger partial charge on any atom is -0.367 e. The van der Waals surface area contributed by atoms with Gasteiger partial charge in [0, 0.05) is 32.7 Å². The zero-order chi connectivity index (χ0) is 15.4. The molecule has 3 nitrogen and oxygen atoms in total. The smallest absolute Gasteiger partial charge is 0.146 e. The summed E-state index contributed by atoms with van der Waals surface area (Å²) in [6.07, 6.45) is 0. The molecule has 0 N–H and O–H groups in total. The van der Waals surface area contributed by atoms with Gasteiger partial charge in [-0.25, -0.2) is 4.39 Å². The molecule has 0 amide bonds. The van der Waals surface area contributed by atoms with Gasteiger partial charge in [0.1, 0.15) is 5.82 Å². The number of para-hydroxylation sites is 1. The van der Waals surface area contributed by atoms with Crippen molar-refractivity contribution in [2.24, 2.45) is 0 Å². The third kappa shape index (κ3) is 3.10. The summed E-state index contributed by atoms with van der Waals surface area (Å²) >= 11 is 0. The summed E-state index contributed by atoms with van der Waals surface area (Å²) in [6.45, 7) is 4.11. The maximum Gasteiger partial charge on any atom is 0.146 e. The van der Waals surface area contributed by atoms with Crippen LogP contribution in [0.5, 0.6) is 0 Å². The van der Waals surface area contributed by atoms with E-state index in [1.165, 1.54) is 6.07 Å². The summed E-state index contributed by atoms with van der Waals surface area (Å²) in [7, 11) is 0. The first-order valence-electron chi connectivity index (χ1n) is 7.48. The van der Waals surface area contributed by atoms with Gasteiger partial charge in [0.15, 0.2) is 0 Å². The van der Waals surface area contributed by atoms with Crippen LogP contribution in [0.15, 0.2) is 48.5 Å². The molecule has 1 saturated heterocycles. The number of nitriles is 1. The van der Waals surface area contributed by atoms with Crippen LogP contribution in [0.3, 0.4) is 0 Å². The van der Waals surface area contributed by atoms with Crippen LogP contribution in [0.25, 0.3) is 0 Å². The Bertz CT molecular complexity index is 685. The highest BCUT2D eigenvalue weighted by molar-refractivity contribution is 5.48. The van der Waals surface area contributed by atoms with Crippen molar-refractivity contribution in [3.05, 3.63) is 65.5 Å². The Hall–Kier alpha value is -2.38. The zero-order valence-corrected chi connectivity index (χ0v) is 12.4. The van der Waals surface area contributed by atoms with Gasteiger partial charge in [-0.15, -0.1) is 0 Å². The number of nitrogens with zero attached hydrogens (tertiary/aromatic N) is 3. The Balaban J connectivity index is 1.63. The normalized spacial score (nSPS) is 15.5. The van der Waals surface area contributed by atoms with Gasteiger partial charge in [-0.05, 0) is 23.8 Å². The minimum atomic E-state index is -0.161. The van der Waals surface area contributed by atoms with Crippen LogP contribution in [0.4, 0.5) is 10.1 Å². The van der Waals surface area contributed by atoms with Crippen molar-refractivity contribution in [2.75, 3.05) is 31.1 Å². The summed E-state index contributed by atoms with van der Waals surface area (Å²) in [6, 6.07) is 16.9. The molecule has 3 rings (SSSR count). The average Bonchev–Trinajstić information content (AvgIpc) is 2.57. The van der Waals surface area contributed by atoms with Crippen LogP contribution in [-0.2, 0) is 6.54 Å². The first kappa shape index (κ1) is 14.6. The second-order valence-electron chi connectivity index (χ2n) is 5.48. The molecule has 0 radical (unpaired) electrons. The summed E-state index contributed by atoms with van der Waals surface area (Å²) in [5, 5.41) is 9.15. The highest BCUT2D eigenvalue weighted by atomic mass is 19.1. The number of anilines is 1. The van der Waals surface area contributed by atoms with Gasteiger partial charge in [0.25, 0.3) is 0 Å². The van der Waals surface area contributed by atoms with Crippen molar-refractivity contribution in [1.82, 2.24) is 4.90 Å². The van der Waals surface area contributed by atoms with E-state index in [2.05, 4.69) is 15.9 Å². The van der Waals surface area contributed by atoms with Crippen molar-refractivity contribution in [2.45, 2.75) is 6.54 Å². The average molecular weight is 295 g/mol. The van der Waals surface area contributed by atoms with Gasteiger partial charge < -0.3 is 4.90 Å². The van der Waals surface area contributed by atoms with E-state index < -0.39 is 0 Å². The Morgan fingerprint density at radius 2 is 1.64 bits per heavy atom. The van der Waals surface area contributed by atoms with Gasteiger partial charge in [-0.2, -0.15) is 5.26 Å². The monoisotopic (exact) mass is 295 g/mol. The van der Waals surface area contributed by atoms with Crippen molar-refractivity contribution < 1.29 is 4.39 Å². The SMILES string of the molecule is N#Cc1ccccc1CN1CCN(c2ccccc2F)CC1. The molecular formula is C18H18FN3. The van der Waals surface area contributed by atoms with Gasteiger partial charge in [-0.1, -0.05) is 30.3 Å². The second-order valence-corrected chi connectivity index (χ2v) is 5.48. The molecule has 4 heteroatoms. The fraction of sp³-hybridized carbons (Fsp3) is 0.278. The van der Waals surface area contributed by atoms with Crippen molar-refractivity contribution in [3.63, 3.8) is 0 Å². The van der Waals surface area contributed by atoms with Crippen LogP contribution < -0.4 is 4.90 Å². The van der Waals surface area contributed by atoms with Crippen LogP contribution in [0.2, 0.25) is 0 Å². The molecule has 1 aliphatic heterocycles. The molecule has 1 heterocycles. The minimum absolute atomic E-state index is 0.161. The molecule has 0 aliphatic carbocycles. The van der Waals surface area contributed by atoms with Crippen LogP contribution in [0.1, 0.15) is 11.1 Å².